The van der Waals surface area contributed by atoms with Gasteiger partial charge in [-0.1, -0.05) is 68.8 Å². The van der Waals surface area contributed by atoms with Crippen LogP contribution < -0.4 is 5.56 Å². The van der Waals surface area contributed by atoms with Crippen molar-refractivity contribution in [2.24, 2.45) is 11.8 Å². The molecular formula is C29H36ClN3O2. The average molecular weight is 494 g/mol. The number of hydrogen-bond acceptors (Lipinski definition) is 3. The van der Waals surface area contributed by atoms with E-state index in [9.17, 15) is 9.59 Å². The van der Waals surface area contributed by atoms with E-state index in [2.05, 4.69) is 13.8 Å². The summed E-state index contributed by atoms with van der Waals surface area (Å²) in [6.45, 7) is 8.85. The van der Waals surface area contributed by atoms with Crippen molar-refractivity contribution in [2.45, 2.75) is 72.3 Å². The van der Waals surface area contributed by atoms with Crippen LogP contribution in [0.1, 0.15) is 76.7 Å². The number of aryl methyl sites for hydroxylation is 1. The van der Waals surface area contributed by atoms with Crippen molar-refractivity contribution >= 4 is 28.4 Å². The fourth-order valence-corrected chi connectivity index (χ4v) is 5.34. The van der Waals surface area contributed by atoms with Crippen LogP contribution >= 0.6 is 11.6 Å². The largest absolute Gasteiger partial charge is 0.333 e. The van der Waals surface area contributed by atoms with Gasteiger partial charge in [-0.2, -0.15) is 0 Å². The lowest BCUT2D eigenvalue weighted by Crippen LogP contribution is -2.39. The van der Waals surface area contributed by atoms with Gasteiger partial charge in [0.15, 0.2) is 0 Å². The van der Waals surface area contributed by atoms with E-state index in [0.717, 1.165) is 17.7 Å². The molecule has 1 heterocycles. The number of aromatic nitrogens is 2. The second-order valence-corrected chi connectivity index (χ2v) is 10.8. The van der Waals surface area contributed by atoms with Crippen molar-refractivity contribution in [2.75, 3.05) is 6.54 Å². The summed E-state index contributed by atoms with van der Waals surface area (Å²) in [6.07, 6.45) is 6.48. The molecule has 5 nitrogen and oxygen atoms in total. The fraction of sp³-hybridized carbons (Fsp3) is 0.483. The van der Waals surface area contributed by atoms with Crippen molar-refractivity contribution in [3.63, 3.8) is 0 Å². The lowest BCUT2D eigenvalue weighted by atomic mass is 10.0. The summed E-state index contributed by atoms with van der Waals surface area (Å²) in [5.41, 5.74) is 2.26. The zero-order valence-electron chi connectivity index (χ0n) is 21.3. The first-order chi connectivity index (χ1) is 16.7. The van der Waals surface area contributed by atoms with E-state index in [0.29, 0.717) is 46.6 Å². The van der Waals surface area contributed by atoms with Crippen molar-refractivity contribution in [3.8, 4) is 5.69 Å². The fourth-order valence-electron chi connectivity index (χ4n) is 5.18. The minimum Gasteiger partial charge on any atom is -0.333 e. The molecule has 1 aromatic heterocycles. The predicted molar refractivity (Wildman–Crippen MR) is 143 cm³/mol. The molecule has 0 saturated heterocycles. The van der Waals surface area contributed by atoms with Crippen LogP contribution in [0.3, 0.4) is 0 Å². The van der Waals surface area contributed by atoms with Crippen LogP contribution in [-0.2, 0) is 4.79 Å². The first-order valence-electron chi connectivity index (χ1n) is 12.8. The number of carbonyl (C=O) groups is 1. The maximum atomic E-state index is 13.7. The quantitative estimate of drug-likeness (QED) is 0.344. The minimum absolute atomic E-state index is 0.133. The summed E-state index contributed by atoms with van der Waals surface area (Å²) in [4.78, 5) is 34.1. The molecule has 6 heteroatoms. The Morgan fingerprint density at radius 2 is 1.80 bits per heavy atom. The smallest absolute Gasteiger partial charge is 0.266 e. The summed E-state index contributed by atoms with van der Waals surface area (Å²) >= 11 is 6.25. The molecule has 1 atom stereocenters. The molecule has 0 N–H and O–H groups in total. The van der Waals surface area contributed by atoms with Crippen LogP contribution in [0.25, 0.3) is 16.6 Å². The van der Waals surface area contributed by atoms with Gasteiger partial charge in [-0.15, -0.1) is 0 Å². The van der Waals surface area contributed by atoms with E-state index < -0.39 is 0 Å². The lowest BCUT2D eigenvalue weighted by molar-refractivity contribution is -0.134. The van der Waals surface area contributed by atoms with E-state index in [-0.39, 0.29) is 17.5 Å². The predicted octanol–water partition coefficient (Wildman–Crippen LogP) is 6.86. The maximum absolute atomic E-state index is 13.7. The number of benzene rings is 2. The number of halogens is 1. The Balaban J connectivity index is 1.79. The zero-order chi connectivity index (χ0) is 25.1. The number of nitrogens with zero attached hydrogens (tertiary/aromatic N) is 3. The molecule has 3 aromatic rings. The number of hydrogen-bond donors (Lipinski definition) is 0. The minimum atomic E-state index is -0.370. The highest BCUT2D eigenvalue weighted by Gasteiger charge is 2.28. The van der Waals surface area contributed by atoms with Gasteiger partial charge in [-0.05, 0) is 62.4 Å². The zero-order valence-corrected chi connectivity index (χ0v) is 22.0. The number of carbonyl (C=O) groups excluding carboxylic acids is 1. The van der Waals surface area contributed by atoms with Crippen LogP contribution in [0.5, 0.6) is 0 Å². The standard InChI is InChI=1S/C29H36ClN3O2/c1-19(2)18-32(27(34)16-11-22-7-5-6-8-22)21(4)28-31-26-17-23(30)12-15-25(26)29(35)33(28)24-13-9-20(3)10-14-24/h9-10,12-15,17,19,21-22H,5-8,11,16,18H2,1-4H3. The molecule has 0 bridgehead atoms. The Morgan fingerprint density at radius 3 is 2.46 bits per heavy atom. The first kappa shape index (κ1) is 25.4. The van der Waals surface area contributed by atoms with Crippen LogP contribution in [0, 0.1) is 18.8 Å². The monoisotopic (exact) mass is 493 g/mol. The summed E-state index contributed by atoms with van der Waals surface area (Å²) in [5.74, 6) is 1.64. The molecule has 1 aliphatic carbocycles. The Morgan fingerprint density at radius 1 is 1.11 bits per heavy atom. The number of amides is 1. The van der Waals surface area contributed by atoms with Gasteiger partial charge in [0, 0.05) is 18.0 Å². The van der Waals surface area contributed by atoms with Crippen molar-refractivity contribution < 1.29 is 4.79 Å². The van der Waals surface area contributed by atoms with E-state index in [1.54, 1.807) is 22.8 Å². The van der Waals surface area contributed by atoms with Crippen molar-refractivity contribution in [3.05, 3.63) is 69.2 Å². The SMILES string of the molecule is Cc1ccc(-n2c(C(C)N(CC(C)C)C(=O)CCC3CCCC3)nc3cc(Cl)ccc3c2=O)cc1. The van der Waals surface area contributed by atoms with Gasteiger partial charge in [0.25, 0.3) is 5.56 Å². The Hall–Kier alpha value is -2.66. The Kier molecular flexibility index (Phi) is 7.95. The van der Waals surface area contributed by atoms with E-state index in [4.69, 9.17) is 16.6 Å². The third-order valence-corrected chi connectivity index (χ3v) is 7.35. The van der Waals surface area contributed by atoms with E-state index in [1.807, 2.05) is 43.0 Å². The normalized spacial score (nSPS) is 15.1. The van der Waals surface area contributed by atoms with E-state index >= 15 is 0 Å². The molecular weight excluding hydrogens is 458 g/mol. The topological polar surface area (TPSA) is 55.2 Å². The molecule has 1 fully saturated rings. The Labute approximate surface area is 213 Å². The lowest BCUT2D eigenvalue weighted by Gasteiger charge is -2.32. The van der Waals surface area contributed by atoms with Crippen LogP contribution in [-0.4, -0.2) is 26.9 Å². The molecule has 0 aliphatic heterocycles. The highest BCUT2D eigenvalue weighted by Crippen LogP contribution is 2.30. The van der Waals surface area contributed by atoms with E-state index in [1.165, 1.54) is 25.7 Å². The van der Waals surface area contributed by atoms with Crippen LogP contribution in [0.2, 0.25) is 5.02 Å². The van der Waals surface area contributed by atoms with Crippen molar-refractivity contribution in [1.82, 2.24) is 14.5 Å². The molecule has 0 spiro atoms. The third kappa shape index (κ3) is 5.78. The van der Waals surface area contributed by atoms with Gasteiger partial charge >= 0.3 is 0 Å². The maximum Gasteiger partial charge on any atom is 0.266 e. The summed E-state index contributed by atoms with van der Waals surface area (Å²) < 4.78 is 1.66. The van der Waals surface area contributed by atoms with Gasteiger partial charge in [-0.3, -0.25) is 14.2 Å². The van der Waals surface area contributed by atoms with Gasteiger partial charge < -0.3 is 4.90 Å². The average Bonchev–Trinajstić information content (AvgIpc) is 3.35. The molecule has 1 aliphatic rings. The van der Waals surface area contributed by atoms with Crippen LogP contribution in [0.4, 0.5) is 0 Å². The molecule has 1 unspecified atom stereocenters. The second-order valence-electron chi connectivity index (χ2n) is 10.4. The second kappa shape index (κ2) is 10.9. The van der Waals surface area contributed by atoms with Gasteiger partial charge in [0.05, 0.1) is 22.6 Å². The molecule has 4 rings (SSSR count). The summed E-state index contributed by atoms with van der Waals surface area (Å²) in [6, 6.07) is 12.6. The van der Waals surface area contributed by atoms with Gasteiger partial charge in [0.2, 0.25) is 5.91 Å². The van der Waals surface area contributed by atoms with Crippen molar-refractivity contribution in [1.29, 1.82) is 0 Å². The number of fused-ring (bicyclic) bond motifs is 1. The summed E-state index contributed by atoms with van der Waals surface area (Å²) in [7, 11) is 0. The molecule has 35 heavy (non-hydrogen) atoms. The Bertz CT molecular complexity index is 1240. The molecule has 1 amide bonds. The molecule has 1 saturated carbocycles. The summed E-state index contributed by atoms with van der Waals surface area (Å²) in [5, 5.41) is 1.04. The van der Waals surface area contributed by atoms with Gasteiger partial charge in [0.1, 0.15) is 5.82 Å². The number of rotatable bonds is 8. The molecule has 0 radical (unpaired) electrons. The molecule has 186 valence electrons. The first-order valence-corrected chi connectivity index (χ1v) is 13.2. The highest BCUT2D eigenvalue weighted by molar-refractivity contribution is 6.31. The van der Waals surface area contributed by atoms with Gasteiger partial charge in [-0.25, -0.2) is 4.98 Å². The highest BCUT2D eigenvalue weighted by atomic mass is 35.5. The van der Waals surface area contributed by atoms with Crippen LogP contribution in [0.15, 0.2) is 47.3 Å². The third-order valence-electron chi connectivity index (χ3n) is 7.11. The molecule has 2 aromatic carbocycles.